The van der Waals surface area contributed by atoms with E-state index in [9.17, 15) is 9.18 Å². The van der Waals surface area contributed by atoms with Crippen molar-refractivity contribution < 1.29 is 9.18 Å². The molecule has 4 heteroatoms. The Morgan fingerprint density at radius 1 is 1.62 bits per heavy atom. The first-order valence-corrected chi connectivity index (χ1v) is 6.17. The lowest BCUT2D eigenvalue weighted by Gasteiger charge is -2.06. The minimum Gasteiger partial charge on any atom is -0.349 e. The van der Waals surface area contributed by atoms with Crippen LogP contribution in [0.5, 0.6) is 0 Å². The Morgan fingerprint density at radius 3 is 3.00 bits per heavy atom. The fraction of sp³-hybridized carbons (Fsp3) is 0.417. The quantitative estimate of drug-likeness (QED) is 0.908. The molecule has 1 aromatic carbocycles. The Labute approximate surface area is 102 Å². The summed E-state index contributed by atoms with van der Waals surface area (Å²) in [5.74, 6) is -0.243. The maximum Gasteiger partial charge on any atom is 0.254 e. The van der Waals surface area contributed by atoms with E-state index >= 15 is 0 Å². The SMILES string of the molecule is CCC1CC1NC(=O)c1cccc(Br)c1F. The van der Waals surface area contributed by atoms with Crippen molar-refractivity contribution in [2.75, 3.05) is 0 Å². The van der Waals surface area contributed by atoms with Crippen LogP contribution in [-0.2, 0) is 0 Å². The van der Waals surface area contributed by atoms with Gasteiger partial charge < -0.3 is 5.32 Å². The molecule has 0 radical (unpaired) electrons. The second-order valence-electron chi connectivity index (χ2n) is 4.09. The smallest absolute Gasteiger partial charge is 0.254 e. The number of hydrogen-bond donors (Lipinski definition) is 1. The minimum absolute atomic E-state index is 0.108. The van der Waals surface area contributed by atoms with Gasteiger partial charge in [0, 0.05) is 6.04 Å². The average Bonchev–Trinajstić information content (AvgIpc) is 3.00. The fourth-order valence-electron chi connectivity index (χ4n) is 1.80. The van der Waals surface area contributed by atoms with E-state index in [1.165, 1.54) is 6.07 Å². The molecule has 1 aliphatic rings. The zero-order chi connectivity index (χ0) is 11.7. The molecule has 0 aliphatic heterocycles. The van der Waals surface area contributed by atoms with Crippen LogP contribution in [0.4, 0.5) is 4.39 Å². The summed E-state index contributed by atoms with van der Waals surface area (Å²) in [5.41, 5.74) is 0.108. The molecule has 2 rings (SSSR count). The summed E-state index contributed by atoms with van der Waals surface area (Å²) >= 11 is 3.07. The summed E-state index contributed by atoms with van der Waals surface area (Å²) in [7, 11) is 0. The molecule has 1 amide bonds. The van der Waals surface area contributed by atoms with E-state index < -0.39 is 5.82 Å². The molecule has 2 atom stereocenters. The van der Waals surface area contributed by atoms with Gasteiger partial charge in [-0.05, 0) is 40.4 Å². The molecular formula is C12H13BrFNO. The van der Waals surface area contributed by atoms with Crippen molar-refractivity contribution in [3.8, 4) is 0 Å². The predicted molar refractivity (Wildman–Crippen MR) is 63.8 cm³/mol. The summed E-state index contributed by atoms with van der Waals surface area (Å²) in [6, 6.07) is 4.97. The van der Waals surface area contributed by atoms with E-state index in [1.807, 2.05) is 0 Å². The maximum absolute atomic E-state index is 13.6. The highest BCUT2D eigenvalue weighted by Crippen LogP contribution is 2.33. The van der Waals surface area contributed by atoms with Crippen molar-refractivity contribution in [1.82, 2.24) is 5.32 Å². The van der Waals surface area contributed by atoms with E-state index in [1.54, 1.807) is 12.1 Å². The summed E-state index contributed by atoms with van der Waals surface area (Å²) in [6.45, 7) is 2.09. The van der Waals surface area contributed by atoms with Crippen molar-refractivity contribution in [3.63, 3.8) is 0 Å². The molecule has 1 saturated carbocycles. The lowest BCUT2D eigenvalue weighted by atomic mass is 10.2. The summed E-state index contributed by atoms with van der Waals surface area (Å²) in [6.07, 6.45) is 2.07. The second-order valence-corrected chi connectivity index (χ2v) is 4.94. The van der Waals surface area contributed by atoms with Gasteiger partial charge in [-0.25, -0.2) is 4.39 Å². The van der Waals surface area contributed by atoms with Gasteiger partial charge in [0.1, 0.15) is 5.82 Å². The standard InChI is InChI=1S/C12H13BrFNO/c1-2-7-6-10(7)15-12(16)8-4-3-5-9(13)11(8)14/h3-5,7,10H,2,6H2,1H3,(H,15,16). The zero-order valence-corrected chi connectivity index (χ0v) is 10.6. The monoisotopic (exact) mass is 285 g/mol. The van der Waals surface area contributed by atoms with Crippen LogP contribution in [0, 0.1) is 11.7 Å². The van der Waals surface area contributed by atoms with Crippen molar-refractivity contribution in [1.29, 1.82) is 0 Å². The molecular weight excluding hydrogens is 273 g/mol. The third kappa shape index (κ3) is 2.26. The van der Waals surface area contributed by atoms with Crippen molar-refractivity contribution >= 4 is 21.8 Å². The van der Waals surface area contributed by atoms with Crippen molar-refractivity contribution in [3.05, 3.63) is 34.1 Å². The zero-order valence-electron chi connectivity index (χ0n) is 8.97. The molecule has 0 spiro atoms. The first kappa shape index (κ1) is 11.6. The van der Waals surface area contributed by atoms with Crippen LogP contribution in [0.15, 0.2) is 22.7 Å². The molecule has 2 unspecified atom stereocenters. The topological polar surface area (TPSA) is 29.1 Å². The van der Waals surface area contributed by atoms with Gasteiger partial charge in [-0.15, -0.1) is 0 Å². The molecule has 1 aromatic rings. The predicted octanol–water partition coefficient (Wildman–Crippen LogP) is 3.12. The lowest BCUT2D eigenvalue weighted by Crippen LogP contribution is -2.27. The van der Waals surface area contributed by atoms with Gasteiger partial charge in [-0.3, -0.25) is 4.79 Å². The van der Waals surface area contributed by atoms with Crippen LogP contribution in [0.25, 0.3) is 0 Å². The number of amides is 1. The molecule has 1 aliphatic carbocycles. The van der Waals surface area contributed by atoms with Gasteiger partial charge in [-0.2, -0.15) is 0 Å². The third-order valence-corrected chi connectivity index (χ3v) is 3.57. The van der Waals surface area contributed by atoms with E-state index in [4.69, 9.17) is 0 Å². The van der Waals surface area contributed by atoms with Crippen LogP contribution in [0.3, 0.4) is 0 Å². The number of benzene rings is 1. The number of rotatable bonds is 3. The van der Waals surface area contributed by atoms with Gasteiger partial charge in [0.05, 0.1) is 10.0 Å². The average molecular weight is 286 g/mol. The number of hydrogen-bond acceptors (Lipinski definition) is 1. The molecule has 0 bridgehead atoms. The molecule has 86 valence electrons. The Balaban J connectivity index is 2.07. The van der Waals surface area contributed by atoms with E-state index in [-0.39, 0.29) is 17.5 Å². The third-order valence-electron chi connectivity index (χ3n) is 2.96. The maximum atomic E-state index is 13.6. The molecule has 1 fully saturated rings. The summed E-state index contributed by atoms with van der Waals surface area (Å²) in [5, 5.41) is 2.84. The van der Waals surface area contributed by atoms with Gasteiger partial charge in [0.15, 0.2) is 0 Å². The minimum atomic E-state index is -0.492. The molecule has 1 N–H and O–H groups in total. The van der Waals surface area contributed by atoms with Gasteiger partial charge in [0.2, 0.25) is 0 Å². The Hall–Kier alpha value is -0.900. The van der Waals surface area contributed by atoms with Crippen LogP contribution in [0.1, 0.15) is 30.1 Å². The summed E-state index contributed by atoms with van der Waals surface area (Å²) in [4.78, 5) is 11.8. The Bertz CT molecular complexity index is 421. The molecule has 0 heterocycles. The Kier molecular flexibility index (Phi) is 3.28. The highest BCUT2D eigenvalue weighted by Gasteiger charge is 2.36. The van der Waals surface area contributed by atoms with Gasteiger partial charge >= 0.3 is 0 Å². The first-order chi connectivity index (χ1) is 7.63. The van der Waals surface area contributed by atoms with Crippen LogP contribution in [0.2, 0.25) is 0 Å². The lowest BCUT2D eigenvalue weighted by molar-refractivity contribution is 0.0945. The molecule has 2 nitrogen and oxygen atoms in total. The second kappa shape index (κ2) is 4.53. The van der Waals surface area contributed by atoms with Crippen molar-refractivity contribution in [2.24, 2.45) is 5.92 Å². The van der Waals surface area contributed by atoms with Crippen LogP contribution < -0.4 is 5.32 Å². The van der Waals surface area contributed by atoms with E-state index in [0.717, 1.165) is 12.8 Å². The van der Waals surface area contributed by atoms with E-state index in [0.29, 0.717) is 10.4 Å². The van der Waals surface area contributed by atoms with Gasteiger partial charge in [-0.1, -0.05) is 19.4 Å². The summed E-state index contributed by atoms with van der Waals surface area (Å²) < 4.78 is 13.9. The first-order valence-electron chi connectivity index (χ1n) is 5.38. The normalized spacial score (nSPS) is 22.9. The molecule has 0 aromatic heterocycles. The number of carbonyl (C=O) groups is 1. The highest BCUT2D eigenvalue weighted by atomic mass is 79.9. The van der Waals surface area contributed by atoms with E-state index in [2.05, 4.69) is 28.2 Å². The number of nitrogens with one attached hydrogen (secondary N) is 1. The van der Waals surface area contributed by atoms with Gasteiger partial charge in [0.25, 0.3) is 5.91 Å². The highest BCUT2D eigenvalue weighted by molar-refractivity contribution is 9.10. The van der Waals surface area contributed by atoms with Crippen LogP contribution >= 0.6 is 15.9 Å². The van der Waals surface area contributed by atoms with Crippen molar-refractivity contribution in [2.45, 2.75) is 25.8 Å². The number of carbonyl (C=O) groups excluding carboxylic acids is 1. The van der Waals surface area contributed by atoms with Crippen LogP contribution in [-0.4, -0.2) is 11.9 Å². The Morgan fingerprint density at radius 2 is 2.38 bits per heavy atom. The fourth-order valence-corrected chi connectivity index (χ4v) is 2.17. The number of halogens is 2. The largest absolute Gasteiger partial charge is 0.349 e. The molecule has 16 heavy (non-hydrogen) atoms. The molecule has 0 saturated heterocycles.